The van der Waals surface area contributed by atoms with Crippen molar-refractivity contribution < 1.29 is 4.39 Å². The van der Waals surface area contributed by atoms with E-state index in [0.29, 0.717) is 6.42 Å². The van der Waals surface area contributed by atoms with Gasteiger partial charge >= 0.3 is 0 Å². The van der Waals surface area contributed by atoms with Crippen LogP contribution in [0.2, 0.25) is 0 Å². The smallest absolute Gasteiger partial charge is 0.123 e. The highest BCUT2D eigenvalue weighted by atomic mass is 19.1. The van der Waals surface area contributed by atoms with Gasteiger partial charge < -0.3 is 4.98 Å². The van der Waals surface area contributed by atoms with Crippen molar-refractivity contribution in [3.63, 3.8) is 0 Å². The third-order valence-electron chi connectivity index (χ3n) is 3.53. The summed E-state index contributed by atoms with van der Waals surface area (Å²) < 4.78 is 13.0. The molecule has 3 rings (SSSR count). The van der Waals surface area contributed by atoms with E-state index in [4.69, 9.17) is 0 Å². The van der Waals surface area contributed by atoms with E-state index in [-0.39, 0.29) is 11.7 Å². The lowest BCUT2D eigenvalue weighted by Crippen LogP contribution is -2.00. The summed E-state index contributed by atoms with van der Waals surface area (Å²) in [7, 11) is 0. The molecule has 1 atom stereocenters. The van der Waals surface area contributed by atoms with Crippen LogP contribution in [0.4, 0.5) is 4.39 Å². The third kappa shape index (κ3) is 2.28. The summed E-state index contributed by atoms with van der Waals surface area (Å²) in [5.74, 6) is -0.549. The lowest BCUT2D eigenvalue weighted by atomic mass is 9.93. The maximum atomic E-state index is 13.0. The fraction of sp³-hybridized carbons (Fsp3) is 0.118. The highest BCUT2D eigenvalue weighted by Crippen LogP contribution is 2.25. The summed E-state index contributed by atoms with van der Waals surface area (Å²) in [5, 5.41) is 10.5. The zero-order chi connectivity index (χ0) is 13.9. The number of nitrogens with one attached hydrogen (secondary N) is 1. The molecule has 0 amide bonds. The van der Waals surface area contributed by atoms with Gasteiger partial charge in [-0.05, 0) is 35.7 Å². The van der Waals surface area contributed by atoms with Crippen molar-refractivity contribution in [2.24, 2.45) is 0 Å². The zero-order valence-corrected chi connectivity index (χ0v) is 10.8. The molecule has 3 heteroatoms. The zero-order valence-electron chi connectivity index (χ0n) is 10.8. The quantitative estimate of drug-likeness (QED) is 0.758. The summed E-state index contributed by atoms with van der Waals surface area (Å²) in [5.41, 5.74) is 3.02. The molecule has 2 aromatic carbocycles. The van der Waals surface area contributed by atoms with E-state index in [1.807, 2.05) is 30.5 Å². The third-order valence-corrected chi connectivity index (χ3v) is 3.53. The van der Waals surface area contributed by atoms with Crippen LogP contribution in [0.1, 0.15) is 17.0 Å². The molecule has 0 aliphatic heterocycles. The number of fused-ring (bicyclic) bond motifs is 1. The summed E-state index contributed by atoms with van der Waals surface area (Å²) >= 11 is 0. The van der Waals surface area contributed by atoms with Crippen molar-refractivity contribution in [2.45, 2.75) is 12.3 Å². The lowest BCUT2D eigenvalue weighted by molar-refractivity contribution is 0.626. The van der Waals surface area contributed by atoms with E-state index in [1.54, 1.807) is 12.1 Å². The number of benzene rings is 2. The minimum atomic E-state index is -0.280. The molecule has 0 bridgehead atoms. The van der Waals surface area contributed by atoms with Gasteiger partial charge in [-0.2, -0.15) is 5.26 Å². The van der Waals surface area contributed by atoms with Crippen molar-refractivity contribution in [3.8, 4) is 6.07 Å². The van der Waals surface area contributed by atoms with Crippen molar-refractivity contribution in [2.75, 3.05) is 0 Å². The van der Waals surface area contributed by atoms with Gasteiger partial charge in [0.25, 0.3) is 0 Å². The monoisotopic (exact) mass is 264 g/mol. The Hall–Kier alpha value is -2.60. The molecule has 98 valence electrons. The van der Waals surface area contributed by atoms with Gasteiger partial charge in [0.1, 0.15) is 5.82 Å². The Labute approximate surface area is 116 Å². The van der Waals surface area contributed by atoms with Crippen LogP contribution in [0.15, 0.2) is 54.7 Å². The van der Waals surface area contributed by atoms with Crippen LogP contribution >= 0.6 is 0 Å². The maximum Gasteiger partial charge on any atom is 0.123 e. The average molecular weight is 264 g/mol. The molecule has 0 saturated heterocycles. The lowest BCUT2D eigenvalue weighted by Gasteiger charge is -2.08. The molecule has 0 fully saturated rings. The molecular weight excluding hydrogens is 251 g/mol. The van der Waals surface area contributed by atoms with Gasteiger partial charge in [0.15, 0.2) is 0 Å². The maximum absolute atomic E-state index is 13.0. The summed E-state index contributed by atoms with van der Waals surface area (Å²) in [6.45, 7) is 0. The number of halogens is 1. The van der Waals surface area contributed by atoms with Gasteiger partial charge in [0.05, 0.1) is 12.0 Å². The van der Waals surface area contributed by atoms with E-state index in [1.165, 1.54) is 12.1 Å². The van der Waals surface area contributed by atoms with Crippen molar-refractivity contribution in [1.82, 2.24) is 4.98 Å². The fourth-order valence-corrected chi connectivity index (χ4v) is 2.45. The van der Waals surface area contributed by atoms with E-state index in [0.717, 1.165) is 22.0 Å². The predicted molar refractivity (Wildman–Crippen MR) is 76.8 cm³/mol. The highest BCUT2D eigenvalue weighted by molar-refractivity contribution is 5.83. The van der Waals surface area contributed by atoms with Crippen LogP contribution in [0.25, 0.3) is 10.9 Å². The van der Waals surface area contributed by atoms with Gasteiger partial charge in [-0.15, -0.1) is 0 Å². The van der Waals surface area contributed by atoms with Crippen LogP contribution in [0.3, 0.4) is 0 Å². The molecule has 1 heterocycles. The summed E-state index contributed by atoms with van der Waals surface area (Å²) in [6.07, 6.45) is 2.56. The van der Waals surface area contributed by atoms with E-state index < -0.39 is 0 Å². The van der Waals surface area contributed by atoms with Crippen LogP contribution in [-0.4, -0.2) is 4.98 Å². The largest absolute Gasteiger partial charge is 0.361 e. The van der Waals surface area contributed by atoms with Gasteiger partial charge in [0.2, 0.25) is 0 Å². The van der Waals surface area contributed by atoms with Crippen molar-refractivity contribution in [3.05, 3.63) is 71.7 Å². The predicted octanol–water partition coefficient (Wildman–Crippen LogP) is 4.16. The molecule has 1 unspecified atom stereocenters. The Balaban J connectivity index is 1.92. The molecule has 0 radical (unpaired) electrons. The SMILES string of the molecule is N#CC(Cc1c[nH]c2ccccc12)c1ccc(F)cc1. The van der Waals surface area contributed by atoms with E-state index >= 15 is 0 Å². The second kappa shape index (κ2) is 5.18. The minimum absolute atomic E-state index is 0.269. The molecule has 3 aromatic rings. The van der Waals surface area contributed by atoms with Crippen LogP contribution in [0.5, 0.6) is 0 Å². The first kappa shape index (κ1) is 12.4. The topological polar surface area (TPSA) is 39.6 Å². The Morgan fingerprint density at radius 3 is 2.60 bits per heavy atom. The number of H-pyrrole nitrogens is 1. The van der Waals surface area contributed by atoms with Crippen molar-refractivity contribution >= 4 is 10.9 Å². The molecule has 1 aromatic heterocycles. The second-order valence-electron chi connectivity index (χ2n) is 4.80. The van der Waals surface area contributed by atoms with Gasteiger partial charge in [0, 0.05) is 17.1 Å². The van der Waals surface area contributed by atoms with Gasteiger partial charge in [-0.25, -0.2) is 4.39 Å². The van der Waals surface area contributed by atoms with Crippen molar-refractivity contribution in [1.29, 1.82) is 5.26 Å². The van der Waals surface area contributed by atoms with Crippen LogP contribution < -0.4 is 0 Å². The fourth-order valence-electron chi connectivity index (χ4n) is 2.45. The van der Waals surface area contributed by atoms with Crippen LogP contribution in [-0.2, 0) is 6.42 Å². The van der Waals surface area contributed by atoms with Gasteiger partial charge in [-0.3, -0.25) is 0 Å². The Kier molecular flexibility index (Phi) is 3.22. The normalized spacial score (nSPS) is 12.2. The minimum Gasteiger partial charge on any atom is -0.361 e. The summed E-state index contributed by atoms with van der Waals surface area (Å²) in [4.78, 5) is 3.21. The second-order valence-corrected chi connectivity index (χ2v) is 4.80. The molecular formula is C17H13FN2. The molecule has 2 nitrogen and oxygen atoms in total. The Bertz CT molecular complexity index is 766. The number of aromatic nitrogens is 1. The van der Waals surface area contributed by atoms with Gasteiger partial charge in [-0.1, -0.05) is 30.3 Å². The molecule has 0 aliphatic carbocycles. The average Bonchev–Trinajstić information content (AvgIpc) is 2.89. The van der Waals surface area contributed by atoms with E-state index in [9.17, 15) is 9.65 Å². The standard InChI is InChI=1S/C17H13FN2/c18-15-7-5-12(6-8-15)13(10-19)9-14-11-20-17-4-2-1-3-16(14)17/h1-8,11,13,20H,9H2. The Morgan fingerprint density at radius 1 is 1.10 bits per heavy atom. The first-order valence-electron chi connectivity index (χ1n) is 6.48. The number of para-hydroxylation sites is 1. The number of hydrogen-bond acceptors (Lipinski definition) is 1. The molecule has 1 N–H and O–H groups in total. The molecule has 0 aliphatic rings. The number of nitriles is 1. The highest BCUT2D eigenvalue weighted by Gasteiger charge is 2.14. The number of rotatable bonds is 3. The number of nitrogens with zero attached hydrogens (tertiary/aromatic N) is 1. The summed E-state index contributed by atoms with van der Waals surface area (Å²) in [6, 6.07) is 16.5. The number of aromatic amines is 1. The first-order valence-corrected chi connectivity index (χ1v) is 6.48. The molecule has 0 spiro atoms. The first-order chi connectivity index (χ1) is 9.78. The molecule has 20 heavy (non-hydrogen) atoms. The number of hydrogen-bond donors (Lipinski definition) is 1. The molecule has 0 saturated carbocycles. The van der Waals surface area contributed by atoms with Crippen LogP contribution in [0, 0.1) is 17.1 Å². The van der Waals surface area contributed by atoms with E-state index in [2.05, 4.69) is 11.1 Å². The Morgan fingerprint density at radius 2 is 1.85 bits per heavy atom.